The molecule has 0 spiro atoms. The summed E-state index contributed by atoms with van der Waals surface area (Å²) in [5.41, 5.74) is 2.16. The summed E-state index contributed by atoms with van der Waals surface area (Å²) in [6, 6.07) is 22.5. The quantitative estimate of drug-likeness (QED) is 0.595. The molecule has 4 rings (SSSR count). The van der Waals surface area contributed by atoms with Crippen molar-refractivity contribution in [3.8, 4) is 5.75 Å². The third-order valence-corrected chi connectivity index (χ3v) is 6.28. The second-order valence-electron chi connectivity index (χ2n) is 7.98. The van der Waals surface area contributed by atoms with E-state index in [0.717, 1.165) is 48.4 Å². The number of hydrogen-bond donors (Lipinski definition) is 0. The molecule has 31 heavy (non-hydrogen) atoms. The van der Waals surface area contributed by atoms with Gasteiger partial charge in [0.2, 0.25) is 5.91 Å². The van der Waals surface area contributed by atoms with Crippen LogP contribution in [0.2, 0.25) is 0 Å². The van der Waals surface area contributed by atoms with Crippen molar-refractivity contribution in [2.75, 3.05) is 49.6 Å². The minimum absolute atomic E-state index is 0.161. The second-order valence-corrected chi connectivity index (χ2v) is 7.98. The fourth-order valence-corrected chi connectivity index (χ4v) is 4.44. The fourth-order valence-electron chi connectivity index (χ4n) is 4.44. The largest absolute Gasteiger partial charge is 0.497 e. The smallest absolute Gasteiger partial charge is 0.244 e. The highest BCUT2D eigenvalue weighted by molar-refractivity contribution is 6.05. The molecule has 3 aromatic carbocycles. The monoisotopic (exact) mass is 417 g/mol. The molecule has 0 N–H and O–H groups in total. The summed E-state index contributed by atoms with van der Waals surface area (Å²) in [6.45, 7) is 8.25. The highest BCUT2D eigenvalue weighted by Crippen LogP contribution is 2.28. The van der Waals surface area contributed by atoms with E-state index in [1.807, 2.05) is 49.1 Å². The van der Waals surface area contributed by atoms with Gasteiger partial charge < -0.3 is 14.5 Å². The van der Waals surface area contributed by atoms with Crippen LogP contribution >= 0.6 is 0 Å². The number of ether oxygens (including phenoxy) is 1. The first-order valence-electron chi connectivity index (χ1n) is 11.0. The van der Waals surface area contributed by atoms with E-state index in [1.54, 1.807) is 7.11 Å². The number of anilines is 2. The van der Waals surface area contributed by atoms with Gasteiger partial charge >= 0.3 is 0 Å². The third-order valence-electron chi connectivity index (χ3n) is 6.28. The van der Waals surface area contributed by atoms with Crippen molar-refractivity contribution in [3.63, 3.8) is 0 Å². The van der Waals surface area contributed by atoms with E-state index in [0.29, 0.717) is 6.54 Å². The van der Waals surface area contributed by atoms with Crippen LogP contribution in [0, 0.1) is 0 Å². The molecule has 3 aromatic rings. The van der Waals surface area contributed by atoms with Gasteiger partial charge in [0.05, 0.1) is 18.8 Å². The molecular weight excluding hydrogens is 386 g/mol. The van der Waals surface area contributed by atoms with Crippen molar-refractivity contribution in [3.05, 3.63) is 66.7 Å². The third kappa shape index (κ3) is 4.37. The number of piperazine rings is 1. The van der Waals surface area contributed by atoms with Gasteiger partial charge in [0.15, 0.2) is 0 Å². The number of hydrogen-bond acceptors (Lipinski definition) is 4. The number of nitrogens with zero attached hydrogens (tertiary/aromatic N) is 3. The molecule has 0 bridgehead atoms. The Bertz CT molecular complexity index is 1040. The van der Waals surface area contributed by atoms with Crippen molar-refractivity contribution in [2.45, 2.75) is 19.9 Å². The number of methoxy groups -OCH3 is 1. The average molecular weight is 418 g/mol. The average Bonchev–Trinajstić information content (AvgIpc) is 2.84. The lowest BCUT2D eigenvalue weighted by Crippen LogP contribution is -2.54. The lowest BCUT2D eigenvalue weighted by Gasteiger charge is -2.40. The first-order chi connectivity index (χ1) is 15.1. The Morgan fingerprint density at radius 3 is 2.45 bits per heavy atom. The molecule has 1 amide bonds. The molecule has 0 aliphatic carbocycles. The van der Waals surface area contributed by atoms with Gasteiger partial charge in [-0.1, -0.05) is 42.5 Å². The molecule has 1 aliphatic rings. The van der Waals surface area contributed by atoms with E-state index in [1.165, 1.54) is 5.69 Å². The van der Waals surface area contributed by atoms with Gasteiger partial charge in [-0.15, -0.1) is 0 Å². The Morgan fingerprint density at radius 2 is 1.71 bits per heavy atom. The summed E-state index contributed by atoms with van der Waals surface area (Å²) < 4.78 is 5.36. The lowest BCUT2D eigenvalue weighted by atomic mass is 10.1. The molecule has 0 aromatic heterocycles. The Balaban J connectivity index is 1.46. The number of carbonyl (C=O) groups excluding carboxylic acids is 1. The molecule has 5 nitrogen and oxygen atoms in total. The predicted molar refractivity (Wildman–Crippen MR) is 128 cm³/mol. The normalized spacial score (nSPS) is 15.6. The molecule has 1 heterocycles. The van der Waals surface area contributed by atoms with Gasteiger partial charge in [-0.2, -0.15) is 0 Å². The van der Waals surface area contributed by atoms with Crippen molar-refractivity contribution in [1.82, 2.24) is 4.90 Å². The Morgan fingerprint density at radius 1 is 1.00 bits per heavy atom. The van der Waals surface area contributed by atoms with Gasteiger partial charge in [0.1, 0.15) is 5.75 Å². The van der Waals surface area contributed by atoms with Gasteiger partial charge in [0, 0.05) is 49.9 Å². The van der Waals surface area contributed by atoms with E-state index in [-0.39, 0.29) is 11.9 Å². The van der Waals surface area contributed by atoms with E-state index < -0.39 is 0 Å². The molecular formula is C26H31N3O2. The van der Waals surface area contributed by atoms with Crippen LogP contribution in [-0.4, -0.2) is 56.7 Å². The number of fused-ring (bicyclic) bond motifs is 1. The summed E-state index contributed by atoms with van der Waals surface area (Å²) in [7, 11) is 1.69. The Kier molecular flexibility index (Phi) is 6.42. The van der Waals surface area contributed by atoms with Crippen molar-refractivity contribution < 1.29 is 9.53 Å². The number of amides is 1. The Hall–Kier alpha value is -3.05. The minimum Gasteiger partial charge on any atom is -0.497 e. The van der Waals surface area contributed by atoms with Crippen LogP contribution in [0.5, 0.6) is 5.75 Å². The predicted octanol–water partition coefficient (Wildman–Crippen LogP) is 4.41. The second kappa shape index (κ2) is 9.40. The standard InChI is InChI=1S/C26H31N3O2/c1-4-29(25-14-7-10-21-9-5-6-13-24(21)25)26(30)20(2)27-15-17-28(18-16-27)22-11-8-12-23(19-22)31-3/h5-14,19-20H,4,15-18H2,1-3H3/t20-/m0/s1. The van der Waals surface area contributed by atoms with Crippen LogP contribution < -0.4 is 14.5 Å². The number of benzene rings is 3. The van der Waals surface area contributed by atoms with Crippen LogP contribution in [0.1, 0.15) is 13.8 Å². The van der Waals surface area contributed by atoms with Crippen LogP contribution in [0.3, 0.4) is 0 Å². The summed E-state index contributed by atoms with van der Waals surface area (Å²) in [6.07, 6.45) is 0. The zero-order valence-electron chi connectivity index (χ0n) is 18.6. The van der Waals surface area contributed by atoms with Crippen LogP contribution in [-0.2, 0) is 4.79 Å². The van der Waals surface area contributed by atoms with Gasteiger partial charge in [-0.25, -0.2) is 0 Å². The fraction of sp³-hybridized carbons (Fsp3) is 0.346. The van der Waals surface area contributed by atoms with E-state index in [4.69, 9.17) is 4.74 Å². The van der Waals surface area contributed by atoms with Gasteiger partial charge in [0.25, 0.3) is 0 Å². The highest BCUT2D eigenvalue weighted by Gasteiger charge is 2.29. The molecule has 1 fully saturated rings. The first-order valence-corrected chi connectivity index (χ1v) is 11.0. The first kappa shape index (κ1) is 21.2. The van der Waals surface area contributed by atoms with E-state index in [9.17, 15) is 4.79 Å². The SMILES string of the molecule is CCN(C(=O)[C@H](C)N1CCN(c2cccc(OC)c2)CC1)c1cccc2ccccc12. The van der Waals surface area contributed by atoms with Crippen molar-refractivity contribution >= 4 is 28.1 Å². The molecule has 0 unspecified atom stereocenters. The van der Waals surface area contributed by atoms with E-state index >= 15 is 0 Å². The summed E-state index contributed by atoms with van der Waals surface area (Å²) in [5, 5.41) is 2.28. The highest BCUT2D eigenvalue weighted by atomic mass is 16.5. The van der Waals surface area contributed by atoms with E-state index in [2.05, 4.69) is 46.2 Å². The molecule has 1 saturated heterocycles. The summed E-state index contributed by atoms with van der Waals surface area (Å²) >= 11 is 0. The summed E-state index contributed by atoms with van der Waals surface area (Å²) in [5.74, 6) is 1.03. The molecule has 0 saturated carbocycles. The molecule has 162 valence electrons. The molecule has 1 aliphatic heterocycles. The van der Waals surface area contributed by atoms with Crippen LogP contribution in [0.15, 0.2) is 66.7 Å². The maximum atomic E-state index is 13.5. The number of likely N-dealkylation sites (N-methyl/N-ethyl adjacent to an activating group) is 1. The lowest BCUT2D eigenvalue weighted by molar-refractivity contribution is -0.123. The Labute approximate surface area is 184 Å². The number of rotatable bonds is 6. The zero-order valence-corrected chi connectivity index (χ0v) is 18.6. The maximum absolute atomic E-state index is 13.5. The minimum atomic E-state index is -0.161. The van der Waals surface area contributed by atoms with Crippen LogP contribution in [0.4, 0.5) is 11.4 Å². The van der Waals surface area contributed by atoms with Crippen LogP contribution in [0.25, 0.3) is 10.8 Å². The van der Waals surface area contributed by atoms with Gasteiger partial charge in [-0.3, -0.25) is 9.69 Å². The van der Waals surface area contributed by atoms with Crippen molar-refractivity contribution in [1.29, 1.82) is 0 Å². The topological polar surface area (TPSA) is 36.0 Å². The molecule has 1 atom stereocenters. The zero-order chi connectivity index (χ0) is 21.8. The number of carbonyl (C=O) groups is 1. The molecule has 5 heteroatoms. The summed E-state index contributed by atoms with van der Waals surface area (Å²) in [4.78, 5) is 20.1. The van der Waals surface area contributed by atoms with Crippen molar-refractivity contribution in [2.24, 2.45) is 0 Å². The molecule has 0 radical (unpaired) electrons. The maximum Gasteiger partial charge on any atom is 0.244 e. The van der Waals surface area contributed by atoms with Gasteiger partial charge in [-0.05, 0) is 37.4 Å².